The van der Waals surface area contributed by atoms with Crippen molar-refractivity contribution in [3.8, 4) is 0 Å². The Balaban J connectivity index is 2.42. The summed E-state index contributed by atoms with van der Waals surface area (Å²) in [4.78, 5) is 11.7. The predicted molar refractivity (Wildman–Crippen MR) is 69.7 cm³/mol. The number of rotatable bonds is 6. The lowest BCUT2D eigenvalue weighted by Crippen LogP contribution is -2.44. The van der Waals surface area contributed by atoms with Crippen LogP contribution in [0.5, 0.6) is 0 Å². The van der Waals surface area contributed by atoms with E-state index in [1.807, 2.05) is 26.8 Å². The summed E-state index contributed by atoms with van der Waals surface area (Å²) in [6.45, 7) is 9.60. The van der Waals surface area contributed by atoms with Crippen LogP contribution in [0, 0.1) is 0 Å². The first-order valence-corrected chi connectivity index (χ1v) is 6.22. The van der Waals surface area contributed by atoms with Crippen molar-refractivity contribution in [2.75, 3.05) is 0 Å². The van der Waals surface area contributed by atoms with Crippen molar-refractivity contribution in [2.45, 2.75) is 52.9 Å². The minimum atomic E-state index is -0.169. The molecule has 0 bridgehead atoms. The third-order valence-corrected chi connectivity index (χ3v) is 2.68. The number of aryl methyl sites for hydroxylation is 1. The molecule has 0 fully saturated rings. The lowest BCUT2D eigenvalue weighted by Gasteiger charge is -2.16. The van der Waals surface area contributed by atoms with Gasteiger partial charge in [-0.05, 0) is 39.8 Å². The van der Waals surface area contributed by atoms with Crippen molar-refractivity contribution >= 4 is 5.91 Å². The Bertz CT molecular complexity index is 357. The van der Waals surface area contributed by atoms with Crippen molar-refractivity contribution in [3.63, 3.8) is 0 Å². The molecule has 0 aliphatic carbocycles. The lowest BCUT2D eigenvalue weighted by molar-refractivity contribution is -0.123. The number of aromatic nitrogens is 1. The van der Waals surface area contributed by atoms with E-state index in [1.165, 1.54) is 5.69 Å². The molecule has 0 spiro atoms. The summed E-state index contributed by atoms with van der Waals surface area (Å²) in [6, 6.07) is 4.12. The van der Waals surface area contributed by atoms with Gasteiger partial charge in [-0.3, -0.25) is 4.79 Å². The molecule has 4 heteroatoms. The normalized spacial score (nSPS) is 12.8. The van der Waals surface area contributed by atoms with Gasteiger partial charge in [0.15, 0.2) is 0 Å². The summed E-state index contributed by atoms with van der Waals surface area (Å²) in [5.74, 6) is 0.0506. The molecule has 1 aromatic rings. The smallest absolute Gasteiger partial charge is 0.237 e. The van der Waals surface area contributed by atoms with Gasteiger partial charge in [0.25, 0.3) is 0 Å². The van der Waals surface area contributed by atoms with Gasteiger partial charge in [-0.25, -0.2) is 0 Å². The summed E-state index contributed by atoms with van der Waals surface area (Å²) in [6.07, 6.45) is 2.05. The average molecular weight is 237 g/mol. The van der Waals surface area contributed by atoms with Crippen LogP contribution in [0.25, 0.3) is 0 Å². The molecule has 2 N–H and O–H groups in total. The quantitative estimate of drug-likeness (QED) is 0.788. The molecule has 0 radical (unpaired) electrons. The van der Waals surface area contributed by atoms with Crippen LogP contribution < -0.4 is 10.6 Å². The molecule has 0 aliphatic heterocycles. The Kier molecular flexibility index (Phi) is 5.22. The van der Waals surface area contributed by atoms with E-state index in [1.54, 1.807) is 0 Å². The summed E-state index contributed by atoms with van der Waals surface area (Å²) >= 11 is 0. The largest absolute Gasteiger partial charge is 0.353 e. The van der Waals surface area contributed by atoms with Crippen LogP contribution in [0.1, 0.15) is 33.4 Å². The van der Waals surface area contributed by atoms with Gasteiger partial charge in [-0.2, -0.15) is 0 Å². The van der Waals surface area contributed by atoms with Crippen LogP contribution in [0.15, 0.2) is 18.3 Å². The molecule has 1 aromatic heterocycles. The Morgan fingerprint density at radius 3 is 2.71 bits per heavy atom. The third-order valence-electron chi connectivity index (χ3n) is 2.68. The Morgan fingerprint density at radius 1 is 1.41 bits per heavy atom. The highest BCUT2D eigenvalue weighted by atomic mass is 16.2. The molecule has 1 amide bonds. The fraction of sp³-hybridized carbons (Fsp3) is 0.615. The van der Waals surface area contributed by atoms with Gasteiger partial charge < -0.3 is 15.2 Å². The van der Waals surface area contributed by atoms with E-state index in [0.717, 1.165) is 6.54 Å². The molecule has 1 rings (SSSR count). The van der Waals surface area contributed by atoms with Gasteiger partial charge in [0.2, 0.25) is 5.91 Å². The minimum Gasteiger partial charge on any atom is -0.353 e. The van der Waals surface area contributed by atoms with Crippen molar-refractivity contribution in [3.05, 3.63) is 24.0 Å². The summed E-state index contributed by atoms with van der Waals surface area (Å²) in [5.41, 5.74) is 1.21. The van der Waals surface area contributed by atoms with E-state index >= 15 is 0 Å². The van der Waals surface area contributed by atoms with Gasteiger partial charge in [0.1, 0.15) is 0 Å². The molecular weight excluding hydrogens is 214 g/mol. The van der Waals surface area contributed by atoms with Crippen molar-refractivity contribution in [1.82, 2.24) is 15.2 Å². The number of nitrogens with zero attached hydrogens (tertiary/aromatic N) is 1. The van der Waals surface area contributed by atoms with E-state index in [0.29, 0.717) is 6.54 Å². The molecule has 4 nitrogen and oxygen atoms in total. The van der Waals surface area contributed by atoms with Gasteiger partial charge in [-0.1, -0.05) is 0 Å². The number of hydrogen-bond acceptors (Lipinski definition) is 2. The van der Waals surface area contributed by atoms with E-state index in [2.05, 4.69) is 34.4 Å². The summed E-state index contributed by atoms with van der Waals surface area (Å²) in [7, 11) is 0. The highest BCUT2D eigenvalue weighted by molar-refractivity contribution is 5.81. The standard InChI is InChI=1S/C13H23N3O/c1-5-16-8-6-7-12(16)9-14-11(4)13(17)15-10(2)3/h6-8,10-11,14H,5,9H2,1-4H3,(H,15,17). The Morgan fingerprint density at radius 2 is 2.12 bits per heavy atom. The summed E-state index contributed by atoms with van der Waals surface area (Å²) < 4.78 is 2.17. The maximum absolute atomic E-state index is 11.7. The summed E-state index contributed by atoms with van der Waals surface area (Å²) in [5, 5.41) is 6.12. The van der Waals surface area contributed by atoms with Crippen molar-refractivity contribution in [1.29, 1.82) is 0 Å². The SMILES string of the molecule is CCn1cccc1CNC(C)C(=O)NC(C)C. The molecular formula is C13H23N3O. The van der Waals surface area contributed by atoms with E-state index in [-0.39, 0.29) is 18.0 Å². The molecule has 0 aromatic carbocycles. The zero-order valence-electron chi connectivity index (χ0n) is 11.2. The molecule has 0 saturated heterocycles. The fourth-order valence-electron chi connectivity index (χ4n) is 1.68. The Hall–Kier alpha value is -1.29. The fourth-order valence-corrected chi connectivity index (χ4v) is 1.68. The second kappa shape index (κ2) is 6.45. The van der Waals surface area contributed by atoms with Crippen molar-refractivity contribution < 1.29 is 4.79 Å². The van der Waals surface area contributed by atoms with Gasteiger partial charge >= 0.3 is 0 Å². The second-order valence-electron chi connectivity index (χ2n) is 4.55. The van der Waals surface area contributed by atoms with E-state index in [4.69, 9.17) is 0 Å². The van der Waals surface area contributed by atoms with Crippen LogP contribution in [-0.2, 0) is 17.9 Å². The Labute approximate surface area is 103 Å². The molecule has 0 saturated carbocycles. The molecule has 1 atom stereocenters. The highest BCUT2D eigenvalue weighted by Gasteiger charge is 2.13. The average Bonchev–Trinajstić information content (AvgIpc) is 2.72. The lowest BCUT2D eigenvalue weighted by atomic mass is 10.2. The van der Waals surface area contributed by atoms with Crippen molar-refractivity contribution in [2.24, 2.45) is 0 Å². The van der Waals surface area contributed by atoms with Crippen LogP contribution in [0.3, 0.4) is 0 Å². The van der Waals surface area contributed by atoms with Gasteiger partial charge in [0.05, 0.1) is 6.04 Å². The van der Waals surface area contributed by atoms with Gasteiger partial charge in [0, 0.05) is 31.0 Å². The topological polar surface area (TPSA) is 46.1 Å². The van der Waals surface area contributed by atoms with E-state index in [9.17, 15) is 4.79 Å². The van der Waals surface area contributed by atoms with Gasteiger partial charge in [-0.15, -0.1) is 0 Å². The zero-order valence-corrected chi connectivity index (χ0v) is 11.2. The first-order chi connectivity index (χ1) is 8.04. The second-order valence-corrected chi connectivity index (χ2v) is 4.55. The number of hydrogen-bond donors (Lipinski definition) is 2. The maximum atomic E-state index is 11.7. The minimum absolute atomic E-state index is 0.0506. The number of nitrogens with one attached hydrogen (secondary N) is 2. The monoisotopic (exact) mass is 237 g/mol. The van der Waals surface area contributed by atoms with Crippen LogP contribution >= 0.6 is 0 Å². The molecule has 1 heterocycles. The first-order valence-electron chi connectivity index (χ1n) is 6.22. The molecule has 96 valence electrons. The zero-order chi connectivity index (χ0) is 12.8. The molecule has 0 aliphatic rings. The first kappa shape index (κ1) is 13.8. The number of amides is 1. The molecule has 1 unspecified atom stereocenters. The molecule has 17 heavy (non-hydrogen) atoms. The predicted octanol–water partition coefficient (Wildman–Crippen LogP) is 1.51. The maximum Gasteiger partial charge on any atom is 0.237 e. The third kappa shape index (κ3) is 4.23. The number of carbonyl (C=O) groups is 1. The highest BCUT2D eigenvalue weighted by Crippen LogP contribution is 2.02. The van der Waals surface area contributed by atoms with Crippen LogP contribution in [0.4, 0.5) is 0 Å². The van der Waals surface area contributed by atoms with E-state index < -0.39 is 0 Å². The number of carbonyl (C=O) groups excluding carboxylic acids is 1. The van der Waals surface area contributed by atoms with Crippen LogP contribution in [0.2, 0.25) is 0 Å². The van der Waals surface area contributed by atoms with Crippen LogP contribution in [-0.4, -0.2) is 22.6 Å².